The molecular weight excluding hydrogens is 316 g/mol. The van der Waals surface area contributed by atoms with Crippen molar-refractivity contribution in [2.24, 2.45) is 5.92 Å². The summed E-state index contributed by atoms with van der Waals surface area (Å²) >= 11 is 0. The topological polar surface area (TPSA) is 58.6 Å². The summed E-state index contributed by atoms with van der Waals surface area (Å²) in [5, 5.41) is 2.72. The van der Waals surface area contributed by atoms with Gasteiger partial charge in [-0.25, -0.2) is 0 Å². The summed E-state index contributed by atoms with van der Waals surface area (Å²) in [4.78, 5) is 26.2. The van der Waals surface area contributed by atoms with E-state index in [-0.39, 0.29) is 11.8 Å². The number of ether oxygens (including phenoxy) is 1. The van der Waals surface area contributed by atoms with Gasteiger partial charge in [-0.15, -0.1) is 0 Å². The number of amides is 2. The number of anilines is 2. The highest BCUT2D eigenvalue weighted by molar-refractivity contribution is 6.07. The van der Waals surface area contributed by atoms with E-state index in [9.17, 15) is 9.59 Å². The van der Waals surface area contributed by atoms with Gasteiger partial charge < -0.3 is 15.0 Å². The van der Waals surface area contributed by atoms with Gasteiger partial charge in [-0.1, -0.05) is 19.1 Å². The summed E-state index contributed by atoms with van der Waals surface area (Å²) < 4.78 is 5.32. The third-order valence-corrected chi connectivity index (χ3v) is 4.32. The van der Waals surface area contributed by atoms with Crippen LogP contribution in [0.25, 0.3) is 0 Å². The van der Waals surface area contributed by atoms with Gasteiger partial charge in [0.15, 0.2) is 0 Å². The molecule has 5 nitrogen and oxygen atoms in total. The largest absolute Gasteiger partial charge is 0.497 e. The minimum atomic E-state index is -0.161. The number of carbonyl (C=O) groups is 2. The lowest BCUT2D eigenvalue weighted by Gasteiger charge is -2.33. The summed E-state index contributed by atoms with van der Waals surface area (Å²) in [5.74, 6) is 0.876. The molecule has 0 saturated heterocycles. The molecule has 0 saturated carbocycles. The Labute approximate surface area is 147 Å². The summed E-state index contributed by atoms with van der Waals surface area (Å²) in [5.41, 5.74) is 3.21. The van der Waals surface area contributed by atoms with Gasteiger partial charge >= 0.3 is 0 Å². The highest BCUT2D eigenvalue weighted by Gasteiger charge is 2.27. The lowest BCUT2D eigenvalue weighted by atomic mass is 9.93. The molecule has 1 N–H and O–H groups in total. The van der Waals surface area contributed by atoms with Gasteiger partial charge in [0.05, 0.1) is 12.8 Å². The number of methoxy groups -OCH3 is 1. The van der Waals surface area contributed by atoms with Gasteiger partial charge in [0, 0.05) is 30.8 Å². The SMILES string of the molecule is COc1ccc2c(c1)N(C(=O)c1cccc(NC(C)=O)c1)CC(C)C2. The van der Waals surface area contributed by atoms with Gasteiger partial charge in [0.1, 0.15) is 5.75 Å². The molecule has 25 heavy (non-hydrogen) atoms. The van der Waals surface area contributed by atoms with Gasteiger partial charge in [-0.2, -0.15) is 0 Å². The van der Waals surface area contributed by atoms with E-state index < -0.39 is 0 Å². The van der Waals surface area contributed by atoms with Crippen molar-refractivity contribution in [2.45, 2.75) is 20.3 Å². The zero-order valence-electron chi connectivity index (χ0n) is 14.7. The molecule has 1 unspecified atom stereocenters. The Morgan fingerprint density at radius 3 is 2.72 bits per heavy atom. The van der Waals surface area contributed by atoms with Crippen molar-refractivity contribution in [3.63, 3.8) is 0 Å². The van der Waals surface area contributed by atoms with E-state index in [1.54, 1.807) is 36.3 Å². The molecule has 1 heterocycles. The Balaban J connectivity index is 1.96. The summed E-state index contributed by atoms with van der Waals surface area (Å²) in [6.07, 6.45) is 0.940. The van der Waals surface area contributed by atoms with Crippen LogP contribution in [0.4, 0.5) is 11.4 Å². The highest BCUT2D eigenvalue weighted by atomic mass is 16.5. The first kappa shape index (κ1) is 17.0. The maximum Gasteiger partial charge on any atom is 0.258 e. The van der Waals surface area contributed by atoms with E-state index >= 15 is 0 Å². The van der Waals surface area contributed by atoms with Crippen LogP contribution in [0.3, 0.4) is 0 Å². The third-order valence-electron chi connectivity index (χ3n) is 4.32. The van der Waals surface area contributed by atoms with E-state index in [1.165, 1.54) is 6.92 Å². The first-order valence-electron chi connectivity index (χ1n) is 8.34. The van der Waals surface area contributed by atoms with Crippen molar-refractivity contribution >= 4 is 23.2 Å². The van der Waals surface area contributed by atoms with Crippen LogP contribution in [0.5, 0.6) is 5.75 Å². The third kappa shape index (κ3) is 3.65. The van der Waals surface area contributed by atoms with Gasteiger partial charge in [0.2, 0.25) is 5.91 Å². The molecule has 3 rings (SSSR count). The van der Waals surface area contributed by atoms with Crippen LogP contribution in [0.1, 0.15) is 29.8 Å². The van der Waals surface area contributed by atoms with Crippen LogP contribution < -0.4 is 15.0 Å². The minimum Gasteiger partial charge on any atom is -0.497 e. The average molecular weight is 338 g/mol. The number of hydrogen-bond donors (Lipinski definition) is 1. The Morgan fingerprint density at radius 2 is 2.00 bits per heavy atom. The molecule has 5 heteroatoms. The van der Waals surface area contributed by atoms with Crippen molar-refractivity contribution in [2.75, 3.05) is 23.9 Å². The van der Waals surface area contributed by atoms with Crippen molar-refractivity contribution < 1.29 is 14.3 Å². The highest BCUT2D eigenvalue weighted by Crippen LogP contribution is 2.34. The Morgan fingerprint density at radius 1 is 1.20 bits per heavy atom. The lowest BCUT2D eigenvalue weighted by molar-refractivity contribution is -0.114. The second-order valence-corrected chi connectivity index (χ2v) is 6.48. The van der Waals surface area contributed by atoms with Crippen LogP contribution in [0.15, 0.2) is 42.5 Å². The predicted molar refractivity (Wildman–Crippen MR) is 98.3 cm³/mol. The zero-order chi connectivity index (χ0) is 18.0. The van der Waals surface area contributed by atoms with Gasteiger partial charge in [0.25, 0.3) is 5.91 Å². The molecule has 1 aliphatic rings. The first-order chi connectivity index (χ1) is 12.0. The maximum atomic E-state index is 13.1. The fourth-order valence-electron chi connectivity index (χ4n) is 3.23. The molecule has 0 aliphatic carbocycles. The summed E-state index contributed by atoms with van der Waals surface area (Å²) in [6, 6.07) is 12.9. The minimum absolute atomic E-state index is 0.0757. The van der Waals surface area contributed by atoms with Crippen LogP contribution in [-0.4, -0.2) is 25.5 Å². The first-order valence-corrected chi connectivity index (χ1v) is 8.34. The smallest absolute Gasteiger partial charge is 0.258 e. The molecule has 0 fully saturated rings. The number of nitrogens with zero attached hydrogens (tertiary/aromatic N) is 1. The standard InChI is InChI=1S/C20H22N2O3/c1-13-9-15-7-8-18(25-3)11-19(15)22(12-13)20(24)16-5-4-6-17(10-16)21-14(2)23/h4-8,10-11,13H,9,12H2,1-3H3,(H,21,23). The maximum absolute atomic E-state index is 13.1. The molecule has 2 amide bonds. The van der Waals surface area contributed by atoms with Crippen molar-refractivity contribution in [1.29, 1.82) is 0 Å². The number of benzene rings is 2. The zero-order valence-corrected chi connectivity index (χ0v) is 14.7. The Bertz CT molecular complexity index is 816. The lowest BCUT2D eigenvalue weighted by Crippen LogP contribution is -2.39. The number of nitrogens with one attached hydrogen (secondary N) is 1. The molecule has 0 aromatic heterocycles. The molecule has 0 radical (unpaired) electrons. The quantitative estimate of drug-likeness (QED) is 0.932. The monoisotopic (exact) mass is 338 g/mol. The molecule has 0 spiro atoms. The van der Waals surface area contributed by atoms with E-state index in [0.717, 1.165) is 23.4 Å². The van der Waals surface area contributed by atoms with Crippen molar-refractivity contribution in [3.8, 4) is 5.75 Å². The van der Waals surface area contributed by atoms with E-state index in [0.29, 0.717) is 23.7 Å². The summed E-state index contributed by atoms with van der Waals surface area (Å²) in [6.45, 7) is 4.24. The van der Waals surface area contributed by atoms with Gasteiger partial charge in [-0.05, 0) is 42.2 Å². The fraction of sp³-hybridized carbons (Fsp3) is 0.300. The molecule has 2 aromatic carbocycles. The number of carbonyl (C=O) groups excluding carboxylic acids is 2. The Hall–Kier alpha value is -2.82. The van der Waals surface area contributed by atoms with E-state index in [2.05, 4.69) is 12.2 Å². The van der Waals surface area contributed by atoms with Crippen LogP contribution in [-0.2, 0) is 11.2 Å². The predicted octanol–water partition coefficient (Wildman–Crippen LogP) is 3.49. The number of rotatable bonds is 3. The number of fused-ring (bicyclic) bond motifs is 1. The van der Waals surface area contributed by atoms with Crippen LogP contribution in [0, 0.1) is 5.92 Å². The molecule has 2 aromatic rings. The molecule has 0 bridgehead atoms. The molecule has 1 aliphatic heterocycles. The fourth-order valence-corrected chi connectivity index (χ4v) is 3.23. The van der Waals surface area contributed by atoms with Crippen molar-refractivity contribution in [1.82, 2.24) is 0 Å². The molecule has 1 atom stereocenters. The average Bonchev–Trinajstić information content (AvgIpc) is 2.59. The Kier molecular flexibility index (Phi) is 4.74. The molecule has 130 valence electrons. The van der Waals surface area contributed by atoms with E-state index in [4.69, 9.17) is 4.74 Å². The normalized spacial score (nSPS) is 16.1. The second-order valence-electron chi connectivity index (χ2n) is 6.48. The second kappa shape index (κ2) is 6.97. The van der Waals surface area contributed by atoms with Crippen LogP contribution >= 0.6 is 0 Å². The van der Waals surface area contributed by atoms with E-state index in [1.807, 2.05) is 18.2 Å². The van der Waals surface area contributed by atoms with Crippen molar-refractivity contribution in [3.05, 3.63) is 53.6 Å². The number of hydrogen-bond acceptors (Lipinski definition) is 3. The van der Waals surface area contributed by atoms with Crippen LogP contribution in [0.2, 0.25) is 0 Å². The van der Waals surface area contributed by atoms with Gasteiger partial charge in [-0.3, -0.25) is 9.59 Å². The summed E-state index contributed by atoms with van der Waals surface area (Å²) in [7, 11) is 1.62. The molecular formula is C20H22N2O3.